The summed E-state index contributed by atoms with van der Waals surface area (Å²) >= 11 is 1.38. The zero-order valence-corrected chi connectivity index (χ0v) is 9.84. The van der Waals surface area contributed by atoms with Crippen LogP contribution in [0.4, 0.5) is 5.13 Å². The third kappa shape index (κ3) is 2.51. The SMILES string of the molecule is Cc1sc(NC2CCCOC2)nc1C(=O)O. The van der Waals surface area contributed by atoms with Gasteiger partial charge in [-0.05, 0) is 19.8 Å². The molecule has 2 rings (SSSR count). The molecule has 1 aromatic rings. The molecule has 0 radical (unpaired) electrons. The molecule has 1 aliphatic heterocycles. The molecule has 88 valence electrons. The molecule has 5 nitrogen and oxygen atoms in total. The van der Waals surface area contributed by atoms with Crippen LogP contribution >= 0.6 is 11.3 Å². The molecule has 1 fully saturated rings. The summed E-state index contributed by atoms with van der Waals surface area (Å²) in [5, 5.41) is 12.8. The van der Waals surface area contributed by atoms with Gasteiger partial charge in [-0.3, -0.25) is 0 Å². The number of carboxylic acid groups (broad SMARTS) is 1. The van der Waals surface area contributed by atoms with Crippen LogP contribution in [0.3, 0.4) is 0 Å². The molecular weight excluding hydrogens is 228 g/mol. The van der Waals surface area contributed by atoms with Gasteiger partial charge in [-0.2, -0.15) is 0 Å². The van der Waals surface area contributed by atoms with Crippen molar-refractivity contribution in [2.24, 2.45) is 0 Å². The molecule has 0 amide bonds. The number of aromatic carboxylic acids is 1. The second-order valence-corrected chi connectivity index (χ2v) is 4.99. The Morgan fingerprint density at radius 1 is 1.69 bits per heavy atom. The van der Waals surface area contributed by atoms with Crippen LogP contribution in [0.25, 0.3) is 0 Å². The Balaban J connectivity index is 2.03. The number of anilines is 1. The van der Waals surface area contributed by atoms with Crippen molar-refractivity contribution in [3.8, 4) is 0 Å². The minimum absolute atomic E-state index is 0.143. The Labute approximate surface area is 97.5 Å². The Bertz CT molecular complexity index is 385. The van der Waals surface area contributed by atoms with Crippen LogP contribution in [0.15, 0.2) is 0 Å². The molecular formula is C10H14N2O3S. The summed E-state index contributed by atoms with van der Waals surface area (Å²) in [5.74, 6) is -0.971. The number of ether oxygens (including phenoxy) is 1. The maximum atomic E-state index is 10.8. The average molecular weight is 242 g/mol. The Morgan fingerprint density at radius 2 is 2.50 bits per heavy atom. The Morgan fingerprint density at radius 3 is 3.06 bits per heavy atom. The van der Waals surface area contributed by atoms with Gasteiger partial charge in [0, 0.05) is 11.5 Å². The lowest BCUT2D eigenvalue weighted by Gasteiger charge is -2.22. The minimum atomic E-state index is -0.971. The maximum Gasteiger partial charge on any atom is 0.355 e. The second kappa shape index (κ2) is 4.80. The van der Waals surface area contributed by atoms with Crippen molar-refractivity contribution in [3.63, 3.8) is 0 Å². The highest BCUT2D eigenvalue weighted by Gasteiger charge is 2.18. The molecule has 16 heavy (non-hydrogen) atoms. The summed E-state index contributed by atoms with van der Waals surface area (Å²) in [6.45, 7) is 3.25. The highest BCUT2D eigenvalue weighted by molar-refractivity contribution is 7.15. The monoisotopic (exact) mass is 242 g/mol. The van der Waals surface area contributed by atoms with Crippen LogP contribution in [-0.2, 0) is 4.74 Å². The van der Waals surface area contributed by atoms with E-state index in [4.69, 9.17) is 9.84 Å². The first-order valence-electron chi connectivity index (χ1n) is 5.22. The van der Waals surface area contributed by atoms with Gasteiger partial charge in [-0.1, -0.05) is 0 Å². The van der Waals surface area contributed by atoms with Gasteiger partial charge in [0.25, 0.3) is 0 Å². The number of nitrogens with zero attached hydrogens (tertiary/aromatic N) is 1. The number of carbonyl (C=O) groups is 1. The molecule has 1 aliphatic rings. The lowest BCUT2D eigenvalue weighted by Crippen LogP contribution is -2.29. The molecule has 1 unspecified atom stereocenters. The molecule has 2 heterocycles. The van der Waals surface area contributed by atoms with Crippen LogP contribution in [0.2, 0.25) is 0 Å². The summed E-state index contributed by atoms with van der Waals surface area (Å²) in [4.78, 5) is 15.6. The first kappa shape index (κ1) is 11.3. The number of aromatic nitrogens is 1. The number of aryl methyl sites for hydroxylation is 1. The lowest BCUT2D eigenvalue weighted by molar-refractivity contribution is 0.0690. The second-order valence-electron chi connectivity index (χ2n) is 3.79. The fourth-order valence-electron chi connectivity index (χ4n) is 1.69. The largest absolute Gasteiger partial charge is 0.476 e. The number of carboxylic acids is 1. The summed E-state index contributed by atoms with van der Waals surface area (Å²) in [7, 11) is 0. The van der Waals surface area contributed by atoms with E-state index in [1.807, 2.05) is 0 Å². The fourth-order valence-corrected chi connectivity index (χ4v) is 2.57. The molecule has 1 aromatic heterocycles. The zero-order chi connectivity index (χ0) is 11.5. The van der Waals surface area contributed by atoms with Gasteiger partial charge in [-0.25, -0.2) is 9.78 Å². The van der Waals surface area contributed by atoms with Gasteiger partial charge in [0.05, 0.1) is 12.6 Å². The molecule has 1 saturated heterocycles. The van der Waals surface area contributed by atoms with E-state index in [1.54, 1.807) is 6.92 Å². The minimum Gasteiger partial charge on any atom is -0.476 e. The van der Waals surface area contributed by atoms with E-state index in [-0.39, 0.29) is 11.7 Å². The van der Waals surface area contributed by atoms with Gasteiger partial charge < -0.3 is 15.2 Å². The zero-order valence-electron chi connectivity index (χ0n) is 9.02. The van der Waals surface area contributed by atoms with Crippen molar-refractivity contribution in [1.29, 1.82) is 0 Å². The Kier molecular flexibility index (Phi) is 3.40. The molecule has 0 aliphatic carbocycles. The molecule has 0 aromatic carbocycles. The van der Waals surface area contributed by atoms with E-state index in [1.165, 1.54) is 11.3 Å². The van der Waals surface area contributed by atoms with E-state index in [2.05, 4.69) is 10.3 Å². The van der Waals surface area contributed by atoms with Crippen molar-refractivity contribution >= 4 is 22.4 Å². The van der Waals surface area contributed by atoms with Crippen LogP contribution < -0.4 is 5.32 Å². The van der Waals surface area contributed by atoms with E-state index in [9.17, 15) is 4.79 Å². The number of nitrogens with one attached hydrogen (secondary N) is 1. The van der Waals surface area contributed by atoms with E-state index in [0.29, 0.717) is 11.7 Å². The number of thiazole rings is 1. The molecule has 0 saturated carbocycles. The number of hydrogen-bond donors (Lipinski definition) is 2. The lowest BCUT2D eigenvalue weighted by atomic mass is 10.1. The molecule has 0 spiro atoms. The van der Waals surface area contributed by atoms with Gasteiger partial charge in [0.15, 0.2) is 10.8 Å². The third-order valence-electron chi connectivity index (χ3n) is 2.49. The summed E-state index contributed by atoms with van der Waals surface area (Å²) in [6.07, 6.45) is 2.08. The standard InChI is InChI=1S/C10H14N2O3S/c1-6-8(9(13)14)12-10(16-6)11-7-3-2-4-15-5-7/h7H,2-5H2,1H3,(H,11,12)(H,13,14). The van der Waals surface area contributed by atoms with E-state index in [0.717, 1.165) is 24.3 Å². The van der Waals surface area contributed by atoms with Crippen LogP contribution in [0.1, 0.15) is 28.2 Å². The summed E-state index contributed by atoms with van der Waals surface area (Å²) < 4.78 is 5.34. The molecule has 0 bridgehead atoms. The maximum absolute atomic E-state index is 10.8. The predicted molar refractivity (Wildman–Crippen MR) is 61.3 cm³/mol. The van der Waals surface area contributed by atoms with Crippen molar-refractivity contribution in [2.75, 3.05) is 18.5 Å². The van der Waals surface area contributed by atoms with E-state index < -0.39 is 5.97 Å². The van der Waals surface area contributed by atoms with Crippen LogP contribution in [0.5, 0.6) is 0 Å². The summed E-state index contributed by atoms with van der Waals surface area (Å²) in [6, 6.07) is 0.251. The highest BCUT2D eigenvalue weighted by Crippen LogP contribution is 2.23. The van der Waals surface area contributed by atoms with Crippen LogP contribution in [-0.4, -0.2) is 35.3 Å². The highest BCUT2D eigenvalue weighted by atomic mass is 32.1. The fraction of sp³-hybridized carbons (Fsp3) is 0.600. The van der Waals surface area contributed by atoms with Gasteiger partial charge in [0.1, 0.15) is 0 Å². The van der Waals surface area contributed by atoms with Crippen molar-refractivity contribution in [3.05, 3.63) is 10.6 Å². The normalized spacial score (nSPS) is 20.7. The van der Waals surface area contributed by atoms with Crippen molar-refractivity contribution in [2.45, 2.75) is 25.8 Å². The number of hydrogen-bond acceptors (Lipinski definition) is 5. The van der Waals surface area contributed by atoms with E-state index >= 15 is 0 Å². The quantitative estimate of drug-likeness (QED) is 0.844. The average Bonchev–Trinajstić information content (AvgIpc) is 2.61. The first-order chi connectivity index (χ1) is 7.66. The van der Waals surface area contributed by atoms with Crippen LogP contribution in [0, 0.1) is 6.92 Å². The molecule has 1 atom stereocenters. The smallest absolute Gasteiger partial charge is 0.355 e. The van der Waals surface area contributed by atoms with Gasteiger partial charge >= 0.3 is 5.97 Å². The molecule has 2 N–H and O–H groups in total. The molecule has 6 heteroatoms. The Hall–Kier alpha value is -1.14. The van der Waals surface area contributed by atoms with Crippen molar-refractivity contribution in [1.82, 2.24) is 4.98 Å². The van der Waals surface area contributed by atoms with Crippen molar-refractivity contribution < 1.29 is 14.6 Å². The first-order valence-corrected chi connectivity index (χ1v) is 6.03. The van der Waals surface area contributed by atoms with Gasteiger partial charge in [-0.15, -0.1) is 11.3 Å². The third-order valence-corrected chi connectivity index (χ3v) is 3.39. The van der Waals surface area contributed by atoms with Gasteiger partial charge in [0.2, 0.25) is 0 Å². The predicted octanol–water partition coefficient (Wildman–Crippen LogP) is 1.74. The summed E-state index contributed by atoms with van der Waals surface area (Å²) in [5.41, 5.74) is 0.143. The number of rotatable bonds is 3. The topological polar surface area (TPSA) is 71.5 Å².